The first kappa shape index (κ1) is 12.9. The van der Waals surface area contributed by atoms with E-state index in [1.54, 1.807) is 12.1 Å². The third-order valence-electron chi connectivity index (χ3n) is 4.50. The smallest absolute Gasteiger partial charge is 0.238 e. The molecule has 4 nitrogen and oxygen atoms in total. The van der Waals surface area contributed by atoms with E-state index in [-0.39, 0.29) is 4.90 Å². The maximum atomic E-state index is 11.1. The number of fused-ring (bicyclic) bond motifs is 2. The molecule has 19 heavy (non-hydrogen) atoms. The minimum absolute atomic E-state index is 0.125. The Bertz CT molecular complexity index is 553. The predicted octanol–water partition coefficient (Wildman–Crippen LogP) is 2.15. The topological polar surface area (TPSA) is 69.4 Å². The van der Waals surface area contributed by atoms with E-state index in [0.29, 0.717) is 5.92 Å². The fourth-order valence-corrected chi connectivity index (χ4v) is 4.02. The number of primary sulfonamides is 1. The Morgan fingerprint density at radius 2 is 1.89 bits per heavy atom. The number of hydrogen-bond donors (Lipinski definition) is 1. The molecule has 5 heteroatoms. The number of nitrogens with two attached hydrogens (primary N) is 1. The van der Waals surface area contributed by atoms with Gasteiger partial charge < -0.3 is 4.74 Å². The van der Waals surface area contributed by atoms with Gasteiger partial charge in [-0.15, -0.1) is 0 Å². The minimum Gasteiger partial charge on any atom is -0.493 e. The third-order valence-corrected chi connectivity index (χ3v) is 5.43. The van der Waals surface area contributed by atoms with Gasteiger partial charge in [0.05, 0.1) is 11.5 Å². The van der Waals surface area contributed by atoms with Crippen LogP contribution in [-0.2, 0) is 10.0 Å². The largest absolute Gasteiger partial charge is 0.493 e. The van der Waals surface area contributed by atoms with Crippen LogP contribution in [0, 0.1) is 17.8 Å². The Balaban J connectivity index is 1.59. The molecule has 0 heterocycles. The van der Waals surface area contributed by atoms with Gasteiger partial charge in [-0.2, -0.15) is 0 Å². The quantitative estimate of drug-likeness (QED) is 0.919. The maximum absolute atomic E-state index is 11.1. The standard InChI is InChI=1S/C14H19NO3S/c15-19(16,17)14-5-3-13(4-6-14)18-9-12-8-10-1-2-11(12)7-10/h3-6,10-12H,1-2,7-9H2,(H2,15,16,17). The van der Waals surface area contributed by atoms with Crippen molar-refractivity contribution >= 4 is 10.0 Å². The molecule has 3 rings (SSSR count). The first-order valence-corrected chi connectivity index (χ1v) is 8.32. The van der Waals surface area contributed by atoms with Gasteiger partial charge >= 0.3 is 0 Å². The molecule has 2 N–H and O–H groups in total. The summed E-state index contributed by atoms with van der Waals surface area (Å²) >= 11 is 0. The van der Waals surface area contributed by atoms with Gasteiger partial charge in [-0.3, -0.25) is 0 Å². The van der Waals surface area contributed by atoms with Crippen LogP contribution < -0.4 is 9.88 Å². The van der Waals surface area contributed by atoms with Crippen molar-refractivity contribution in [2.45, 2.75) is 30.6 Å². The summed E-state index contributed by atoms with van der Waals surface area (Å²) in [5.74, 6) is 3.16. The van der Waals surface area contributed by atoms with Crippen molar-refractivity contribution in [3.05, 3.63) is 24.3 Å². The highest BCUT2D eigenvalue weighted by Crippen LogP contribution is 2.48. The molecule has 0 spiro atoms. The Morgan fingerprint density at radius 1 is 1.16 bits per heavy atom. The highest BCUT2D eigenvalue weighted by Gasteiger charge is 2.39. The second-order valence-corrected chi connectivity index (χ2v) is 7.32. The number of hydrogen-bond acceptors (Lipinski definition) is 3. The van der Waals surface area contributed by atoms with Crippen LogP contribution >= 0.6 is 0 Å². The van der Waals surface area contributed by atoms with E-state index >= 15 is 0 Å². The molecule has 0 saturated heterocycles. The molecule has 3 unspecified atom stereocenters. The summed E-state index contributed by atoms with van der Waals surface area (Å²) < 4.78 is 28.0. The summed E-state index contributed by atoms with van der Waals surface area (Å²) in [6.07, 6.45) is 5.41. The number of sulfonamides is 1. The zero-order valence-corrected chi connectivity index (χ0v) is 11.6. The molecule has 1 aromatic rings. The van der Waals surface area contributed by atoms with Crippen molar-refractivity contribution in [3.63, 3.8) is 0 Å². The fraction of sp³-hybridized carbons (Fsp3) is 0.571. The zero-order valence-electron chi connectivity index (χ0n) is 10.8. The summed E-state index contributed by atoms with van der Waals surface area (Å²) in [5.41, 5.74) is 0. The molecular formula is C14H19NO3S. The van der Waals surface area contributed by atoms with Gasteiger partial charge in [-0.05, 0) is 61.3 Å². The van der Waals surface area contributed by atoms with Crippen LogP contribution in [0.4, 0.5) is 0 Å². The first-order chi connectivity index (χ1) is 9.02. The zero-order chi connectivity index (χ0) is 13.5. The lowest BCUT2D eigenvalue weighted by atomic mass is 9.89. The fourth-order valence-electron chi connectivity index (χ4n) is 3.51. The van der Waals surface area contributed by atoms with Gasteiger partial charge in [0.2, 0.25) is 10.0 Å². The summed E-state index contributed by atoms with van der Waals surface area (Å²) in [6, 6.07) is 6.33. The Labute approximate surface area is 114 Å². The van der Waals surface area contributed by atoms with E-state index < -0.39 is 10.0 Å². The van der Waals surface area contributed by atoms with Gasteiger partial charge in [0, 0.05) is 0 Å². The molecule has 3 atom stereocenters. The van der Waals surface area contributed by atoms with Crippen LogP contribution in [0.25, 0.3) is 0 Å². The molecule has 1 aromatic carbocycles. The molecule has 2 fully saturated rings. The van der Waals surface area contributed by atoms with Crippen LogP contribution in [0.3, 0.4) is 0 Å². The summed E-state index contributed by atoms with van der Waals surface area (Å²) in [6.45, 7) is 0.746. The van der Waals surface area contributed by atoms with Crippen molar-refractivity contribution < 1.29 is 13.2 Å². The van der Waals surface area contributed by atoms with Crippen molar-refractivity contribution in [2.24, 2.45) is 22.9 Å². The van der Waals surface area contributed by atoms with Gasteiger partial charge in [0.1, 0.15) is 5.75 Å². The summed E-state index contributed by atoms with van der Waals surface area (Å²) in [7, 11) is -3.61. The van der Waals surface area contributed by atoms with Crippen LogP contribution in [0.2, 0.25) is 0 Å². The van der Waals surface area contributed by atoms with E-state index in [1.807, 2.05) is 0 Å². The van der Waals surface area contributed by atoms with Crippen LogP contribution in [0.1, 0.15) is 25.7 Å². The van der Waals surface area contributed by atoms with Crippen molar-refractivity contribution in [1.82, 2.24) is 0 Å². The second-order valence-electron chi connectivity index (χ2n) is 5.76. The lowest BCUT2D eigenvalue weighted by Crippen LogP contribution is -2.18. The van der Waals surface area contributed by atoms with Gasteiger partial charge in [0.25, 0.3) is 0 Å². The highest BCUT2D eigenvalue weighted by molar-refractivity contribution is 7.89. The second kappa shape index (κ2) is 4.80. The maximum Gasteiger partial charge on any atom is 0.238 e. The van der Waals surface area contributed by atoms with Crippen molar-refractivity contribution in [2.75, 3.05) is 6.61 Å². The molecule has 2 aliphatic rings. The lowest BCUT2D eigenvalue weighted by molar-refractivity contribution is 0.195. The third kappa shape index (κ3) is 2.77. The molecule has 2 bridgehead atoms. The van der Waals surface area contributed by atoms with Crippen LogP contribution in [0.5, 0.6) is 5.75 Å². The molecule has 104 valence electrons. The molecule has 0 radical (unpaired) electrons. The SMILES string of the molecule is NS(=O)(=O)c1ccc(OCC2CC3CCC2C3)cc1. The normalized spacial score (nSPS) is 29.6. The number of rotatable bonds is 4. The van der Waals surface area contributed by atoms with Gasteiger partial charge in [-0.1, -0.05) is 6.42 Å². The molecular weight excluding hydrogens is 262 g/mol. The van der Waals surface area contributed by atoms with Crippen molar-refractivity contribution in [3.8, 4) is 5.75 Å². The van der Waals surface area contributed by atoms with E-state index in [9.17, 15) is 8.42 Å². The number of benzene rings is 1. The monoisotopic (exact) mass is 281 g/mol. The van der Waals surface area contributed by atoms with Crippen LogP contribution in [-0.4, -0.2) is 15.0 Å². The lowest BCUT2D eigenvalue weighted by Gasteiger charge is -2.21. The Kier molecular flexibility index (Phi) is 3.27. The van der Waals surface area contributed by atoms with Gasteiger partial charge in [-0.25, -0.2) is 13.6 Å². The van der Waals surface area contributed by atoms with E-state index in [0.717, 1.165) is 24.2 Å². The van der Waals surface area contributed by atoms with E-state index in [1.165, 1.54) is 37.8 Å². The van der Waals surface area contributed by atoms with E-state index in [4.69, 9.17) is 9.88 Å². The molecule has 2 saturated carbocycles. The molecule has 2 aliphatic carbocycles. The average molecular weight is 281 g/mol. The van der Waals surface area contributed by atoms with Gasteiger partial charge in [0.15, 0.2) is 0 Å². The predicted molar refractivity (Wildman–Crippen MR) is 72.2 cm³/mol. The van der Waals surface area contributed by atoms with Crippen LogP contribution in [0.15, 0.2) is 29.2 Å². The van der Waals surface area contributed by atoms with Crippen molar-refractivity contribution in [1.29, 1.82) is 0 Å². The Morgan fingerprint density at radius 3 is 2.42 bits per heavy atom. The Hall–Kier alpha value is -1.07. The average Bonchev–Trinajstić information content (AvgIpc) is 2.98. The summed E-state index contributed by atoms with van der Waals surface area (Å²) in [4.78, 5) is 0.125. The minimum atomic E-state index is -3.61. The molecule has 0 aliphatic heterocycles. The number of ether oxygens (including phenoxy) is 1. The van der Waals surface area contributed by atoms with E-state index in [2.05, 4.69) is 0 Å². The molecule has 0 aromatic heterocycles. The highest BCUT2D eigenvalue weighted by atomic mass is 32.2. The first-order valence-electron chi connectivity index (χ1n) is 6.78. The summed E-state index contributed by atoms with van der Waals surface area (Å²) in [5, 5.41) is 5.05. The molecule has 0 amide bonds.